The lowest BCUT2D eigenvalue weighted by Crippen LogP contribution is -2.16. The lowest BCUT2D eigenvalue weighted by atomic mass is 10.0. The summed E-state index contributed by atoms with van der Waals surface area (Å²) in [4.78, 5) is 31.5. The minimum atomic E-state index is -0.405. The molecule has 0 bridgehead atoms. The molecule has 202 valence electrons. The summed E-state index contributed by atoms with van der Waals surface area (Å²) in [5.74, 6) is 0.247. The van der Waals surface area contributed by atoms with E-state index in [4.69, 9.17) is 9.72 Å². The zero-order valence-electron chi connectivity index (χ0n) is 22.1. The molecule has 0 aliphatic heterocycles. The van der Waals surface area contributed by atoms with Crippen LogP contribution >= 0.6 is 23.1 Å². The molecule has 8 nitrogen and oxygen atoms in total. The van der Waals surface area contributed by atoms with E-state index in [1.165, 1.54) is 30.2 Å². The summed E-state index contributed by atoms with van der Waals surface area (Å²) in [7, 11) is 1.37. The Kier molecular flexibility index (Phi) is 7.36. The molecule has 1 aliphatic carbocycles. The number of anilines is 1. The first-order valence-corrected chi connectivity index (χ1v) is 14.9. The largest absolute Gasteiger partial charge is 0.465 e. The Balaban J connectivity index is 1.27. The topological polar surface area (TPSA) is 99.0 Å². The maximum atomic E-state index is 13.0. The van der Waals surface area contributed by atoms with Crippen molar-refractivity contribution in [1.82, 2.24) is 19.7 Å². The van der Waals surface area contributed by atoms with Crippen molar-refractivity contribution in [2.75, 3.05) is 18.2 Å². The van der Waals surface area contributed by atoms with Gasteiger partial charge in [-0.1, -0.05) is 60.3 Å². The summed E-state index contributed by atoms with van der Waals surface area (Å²) in [6.07, 6.45) is 2.77. The summed E-state index contributed by atoms with van der Waals surface area (Å²) in [6.45, 7) is 2.67. The van der Waals surface area contributed by atoms with Crippen molar-refractivity contribution in [3.63, 3.8) is 0 Å². The number of ether oxygens (including phenoxy) is 1. The molecule has 1 amide bonds. The number of nitrogens with zero attached hydrogens (tertiary/aromatic N) is 4. The van der Waals surface area contributed by atoms with Gasteiger partial charge in [0.1, 0.15) is 5.00 Å². The second kappa shape index (κ2) is 11.2. The highest BCUT2D eigenvalue weighted by Crippen LogP contribution is 2.40. The Morgan fingerprint density at radius 3 is 2.67 bits per heavy atom. The van der Waals surface area contributed by atoms with E-state index in [0.717, 1.165) is 63.3 Å². The van der Waals surface area contributed by atoms with Gasteiger partial charge in [0, 0.05) is 27.9 Å². The Labute approximate surface area is 239 Å². The molecule has 0 unspecified atom stereocenters. The highest BCUT2D eigenvalue weighted by molar-refractivity contribution is 7.99. The SMILES string of the molecule is CCn1c(SCC(=O)Nc2sc3c(c2C(=O)OC)CCC3)nnc1-c1cc(-c2ccccc2)nc2ccccc12. The predicted octanol–water partition coefficient (Wildman–Crippen LogP) is 6.25. The molecule has 5 aromatic rings. The van der Waals surface area contributed by atoms with Gasteiger partial charge in [-0.3, -0.25) is 4.79 Å². The fourth-order valence-corrected chi connectivity index (χ4v) is 7.20. The van der Waals surface area contributed by atoms with Gasteiger partial charge in [0.2, 0.25) is 5.91 Å². The van der Waals surface area contributed by atoms with E-state index in [0.29, 0.717) is 22.3 Å². The van der Waals surface area contributed by atoms with Gasteiger partial charge in [-0.05, 0) is 43.9 Å². The molecule has 40 heavy (non-hydrogen) atoms. The minimum absolute atomic E-state index is 0.133. The van der Waals surface area contributed by atoms with Crippen LogP contribution in [0.25, 0.3) is 33.5 Å². The monoisotopic (exact) mass is 569 g/mol. The molecule has 1 aliphatic rings. The Morgan fingerprint density at radius 1 is 1.07 bits per heavy atom. The summed E-state index contributed by atoms with van der Waals surface area (Å²) in [5, 5.41) is 14.2. The number of esters is 1. The molecule has 2 aromatic carbocycles. The second-order valence-electron chi connectivity index (χ2n) is 9.38. The Morgan fingerprint density at radius 2 is 1.88 bits per heavy atom. The van der Waals surface area contributed by atoms with Gasteiger partial charge >= 0.3 is 5.97 Å². The number of nitrogens with one attached hydrogen (secondary N) is 1. The van der Waals surface area contributed by atoms with E-state index in [1.54, 1.807) is 0 Å². The number of carbonyl (C=O) groups excluding carboxylic acids is 2. The third kappa shape index (κ3) is 4.89. The number of thiophene rings is 1. The quantitative estimate of drug-likeness (QED) is 0.174. The van der Waals surface area contributed by atoms with Gasteiger partial charge < -0.3 is 14.6 Å². The number of aromatic nitrogens is 4. The molecule has 0 radical (unpaired) electrons. The van der Waals surface area contributed by atoms with E-state index in [2.05, 4.69) is 21.6 Å². The molecule has 0 fully saturated rings. The van der Waals surface area contributed by atoms with Crippen molar-refractivity contribution in [3.05, 3.63) is 76.7 Å². The van der Waals surface area contributed by atoms with E-state index in [9.17, 15) is 9.59 Å². The summed E-state index contributed by atoms with van der Waals surface area (Å²) < 4.78 is 7.02. The summed E-state index contributed by atoms with van der Waals surface area (Å²) >= 11 is 2.79. The number of hydrogen-bond donors (Lipinski definition) is 1. The van der Waals surface area contributed by atoms with Crippen molar-refractivity contribution in [2.24, 2.45) is 0 Å². The molecular weight excluding hydrogens is 542 g/mol. The van der Waals surface area contributed by atoms with Crippen LogP contribution in [0.1, 0.15) is 34.1 Å². The number of pyridine rings is 1. The number of aryl methyl sites for hydroxylation is 1. The minimum Gasteiger partial charge on any atom is -0.465 e. The number of para-hydroxylation sites is 1. The second-order valence-corrected chi connectivity index (χ2v) is 11.4. The normalized spacial score (nSPS) is 12.4. The first-order chi connectivity index (χ1) is 19.6. The van der Waals surface area contributed by atoms with Crippen LogP contribution in [0.4, 0.5) is 5.00 Å². The van der Waals surface area contributed by atoms with E-state index in [1.807, 2.05) is 66.1 Å². The number of amides is 1. The van der Waals surface area contributed by atoms with E-state index >= 15 is 0 Å². The average Bonchev–Trinajstić information content (AvgIpc) is 3.70. The number of rotatable bonds is 8. The predicted molar refractivity (Wildman–Crippen MR) is 159 cm³/mol. The molecule has 0 saturated heterocycles. The number of carbonyl (C=O) groups is 2. The molecule has 3 aromatic heterocycles. The highest BCUT2D eigenvalue weighted by Gasteiger charge is 2.28. The fourth-order valence-electron chi connectivity index (χ4n) is 5.10. The maximum absolute atomic E-state index is 13.0. The van der Waals surface area contributed by atoms with Crippen LogP contribution in [0.3, 0.4) is 0 Å². The number of thioether (sulfide) groups is 1. The molecule has 0 spiro atoms. The third-order valence-electron chi connectivity index (χ3n) is 6.96. The third-order valence-corrected chi connectivity index (χ3v) is 9.13. The summed E-state index contributed by atoms with van der Waals surface area (Å²) in [5.41, 5.74) is 5.20. The standard InChI is InChI=1S/C30H27N5O3S2/c1-3-35-27(21-16-23(18-10-5-4-6-11-18)31-22-14-8-7-12-19(21)22)33-34-30(35)39-17-25(36)32-28-26(29(37)38-2)20-13-9-15-24(20)40-28/h4-8,10-12,14,16H,3,9,13,15,17H2,1-2H3,(H,32,36). The van der Waals surface area contributed by atoms with Crippen LogP contribution in [0, 0.1) is 0 Å². The zero-order chi connectivity index (χ0) is 27.6. The highest BCUT2D eigenvalue weighted by atomic mass is 32.2. The van der Waals surface area contributed by atoms with Gasteiger partial charge in [-0.15, -0.1) is 21.5 Å². The molecule has 0 atom stereocenters. The van der Waals surface area contributed by atoms with E-state index < -0.39 is 5.97 Å². The number of methoxy groups -OCH3 is 1. The van der Waals surface area contributed by atoms with Crippen LogP contribution < -0.4 is 5.32 Å². The maximum Gasteiger partial charge on any atom is 0.341 e. The molecule has 1 N–H and O–H groups in total. The fraction of sp³-hybridized carbons (Fsp3) is 0.233. The van der Waals surface area contributed by atoms with E-state index in [-0.39, 0.29) is 11.7 Å². The lowest BCUT2D eigenvalue weighted by Gasteiger charge is -2.12. The van der Waals surface area contributed by atoms with Crippen molar-refractivity contribution in [1.29, 1.82) is 0 Å². The lowest BCUT2D eigenvalue weighted by molar-refractivity contribution is -0.113. The first-order valence-electron chi connectivity index (χ1n) is 13.1. The van der Waals surface area contributed by atoms with Crippen LogP contribution in [0.5, 0.6) is 0 Å². The van der Waals surface area contributed by atoms with Crippen LogP contribution in [0.15, 0.2) is 65.8 Å². The Bertz CT molecular complexity index is 1730. The van der Waals surface area contributed by atoms with Gasteiger partial charge in [-0.25, -0.2) is 9.78 Å². The average molecular weight is 570 g/mol. The van der Waals surface area contributed by atoms with Gasteiger partial charge in [0.05, 0.1) is 29.6 Å². The summed E-state index contributed by atoms with van der Waals surface area (Å²) in [6, 6.07) is 20.1. The molecule has 0 saturated carbocycles. The smallest absolute Gasteiger partial charge is 0.341 e. The van der Waals surface area contributed by atoms with Gasteiger partial charge in [0.15, 0.2) is 11.0 Å². The molecule has 3 heterocycles. The molecular formula is C30H27N5O3S2. The number of hydrogen-bond acceptors (Lipinski definition) is 8. The zero-order valence-corrected chi connectivity index (χ0v) is 23.8. The van der Waals surface area contributed by atoms with Gasteiger partial charge in [0.25, 0.3) is 0 Å². The van der Waals surface area contributed by atoms with Crippen LogP contribution in [0.2, 0.25) is 0 Å². The number of benzene rings is 2. The Hall–Kier alpha value is -4.02. The van der Waals surface area contributed by atoms with Crippen LogP contribution in [-0.4, -0.2) is 44.5 Å². The van der Waals surface area contributed by atoms with Crippen molar-refractivity contribution in [2.45, 2.75) is 37.9 Å². The molecule has 6 rings (SSSR count). The van der Waals surface area contributed by atoms with Crippen molar-refractivity contribution >= 4 is 50.9 Å². The van der Waals surface area contributed by atoms with Gasteiger partial charge in [-0.2, -0.15) is 0 Å². The van der Waals surface area contributed by atoms with Crippen LogP contribution in [-0.2, 0) is 28.9 Å². The molecule has 10 heteroatoms. The van der Waals surface area contributed by atoms with Crippen molar-refractivity contribution in [3.8, 4) is 22.6 Å². The number of fused-ring (bicyclic) bond motifs is 2. The first kappa shape index (κ1) is 26.2. The van der Waals surface area contributed by atoms with Crippen molar-refractivity contribution < 1.29 is 14.3 Å².